The predicted molar refractivity (Wildman–Crippen MR) is 110 cm³/mol. The van der Waals surface area contributed by atoms with Crippen LogP contribution in [0.15, 0.2) is 48.5 Å². The van der Waals surface area contributed by atoms with Crippen LogP contribution in [0.1, 0.15) is 36.3 Å². The average molecular weight is 421 g/mol. The molecule has 0 aromatic heterocycles. The first-order chi connectivity index (χ1) is 13.8. The zero-order chi connectivity index (χ0) is 20.9. The second kappa shape index (κ2) is 9.28. The third-order valence-electron chi connectivity index (χ3n) is 5.33. The largest absolute Gasteiger partial charge is 0.497 e. The van der Waals surface area contributed by atoms with Gasteiger partial charge in [0.05, 0.1) is 20.3 Å². The van der Waals surface area contributed by atoms with E-state index in [0.29, 0.717) is 19.4 Å². The number of nitrogens with two attached hydrogens (primary N) is 1. The molecule has 8 heteroatoms. The molecule has 158 valence electrons. The van der Waals surface area contributed by atoms with E-state index in [9.17, 15) is 4.57 Å². The number of hydrogen-bond donors (Lipinski definition) is 3. The molecule has 1 saturated carbocycles. The maximum atomic E-state index is 10.9. The summed E-state index contributed by atoms with van der Waals surface area (Å²) in [4.78, 5) is 17.8. The Kier molecular flexibility index (Phi) is 6.98. The van der Waals surface area contributed by atoms with Gasteiger partial charge in [0.25, 0.3) is 0 Å². The number of phosphoric ester groups is 1. The van der Waals surface area contributed by atoms with Crippen molar-refractivity contribution in [3.8, 4) is 11.5 Å². The fourth-order valence-corrected chi connectivity index (χ4v) is 4.13. The van der Waals surface area contributed by atoms with Crippen LogP contribution < -0.4 is 15.2 Å². The molecule has 7 nitrogen and oxygen atoms in total. The summed E-state index contributed by atoms with van der Waals surface area (Å²) in [7, 11) is -2.85. The van der Waals surface area contributed by atoms with Gasteiger partial charge in [-0.3, -0.25) is 4.52 Å². The van der Waals surface area contributed by atoms with E-state index >= 15 is 0 Å². The molecule has 3 rings (SSSR count). The van der Waals surface area contributed by atoms with Gasteiger partial charge in [-0.15, -0.1) is 0 Å². The third-order valence-corrected chi connectivity index (χ3v) is 5.80. The van der Waals surface area contributed by atoms with Gasteiger partial charge in [-0.25, -0.2) is 4.57 Å². The molecule has 2 aromatic rings. The van der Waals surface area contributed by atoms with Gasteiger partial charge >= 0.3 is 7.82 Å². The molecular formula is C21H28NO6P. The molecule has 0 aliphatic heterocycles. The van der Waals surface area contributed by atoms with Crippen molar-refractivity contribution in [2.24, 2.45) is 5.73 Å². The summed E-state index contributed by atoms with van der Waals surface area (Å²) in [5, 5.41) is 0. The topological polar surface area (TPSA) is 111 Å². The van der Waals surface area contributed by atoms with Gasteiger partial charge in [-0.05, 0) is 60.6 Å². The molecule has 0 unspecified atom stereocenters. The Labute approximate surface area is 171 Å². The summed E-state index contributed by atoms with van der Waals surface area (Å²) in [5.74, 6) is 1.89. The second-order valence-corrected chi connectivity index (χ2v) is 8.82. The van der Waals surface area contributed by atoms with Crippen LogP contribution in [0, 0.1) is 0 Å². The van der Waals surface area contributed by atoms with Crippen molar-refractivity contribution >= 4 is 7.82 Å². The summed E-state index contributed by atoms with van der Waals surface area (Å²) < 4.78 is 26.5. The summed E-state index contributed by atoms with van der Waals surface area (Å²) >= 11 is 0. The number of benzene rings is 2. The zero-order valence-electron chi connectivity index (χ0n) is 16.5. The van der Waals surface area contributed by atoms with Crippen molar-refractivity contribution in [2.45, 2.75) is 37.1 Å². The molecule has 0 amide bonds. The van der Waals surface area contributed by atoms with Crippen LogP contribution in [-0.2, 0) is 15.5 Å². The standard InChI is InChI=1S/C21H28NO6P/c1-26-19-6-2-16(3-7-19)11-13-27-20-8-4-17(5-9-20)18-10-12-21(22,14-18)15-28-29(23,24)25/h2-9,18H,10-15,22H2,1H3,(H2,23,24,25)/t18-,21+/m1/s1. The molecule has 0 radical (unpaired) electrons. The summed E-state index contributed by atoms with van der Waals surface area (Å²) in [6.45, 7) is 0.445. The Morgan fingerprint density at radius 1 is 1.10 bits per heavy atom. The van der Waals surface area contributed by atoms with Crippen molar-refractivity contribution in [3.63, 3.8) is 0 Å². The maximum absolute atomic E-state index is 10.9. The third kappa shape index (κ3) is 6.56. The molecule has 1 aliphatic rings. The van der Waals surface area contributed by atoms with Crippen molar-refractivity contribution in [1.29, 1.82) is 0 Å². The van der Waals surface area contributed by atoms with Crippen LogP contribution in [0.25, 0.3) is 0 Å². The van der Waals surface area contributed by atoms with Crippen LogP contribution in [0.3, 0.4) is 0 Å². The molecule has 29 heavy (non-hydrogen) atoms. The van der Waals surface area contributed by atoms with Crippen LogP contribution in [0.5, 0.6) is 11.5 Å². The normalized spacial score (nSPS) is 21.9. The molecular weight excluding hydrogens is 393 g/mol. The Balaban J connectivity index is 1.48. The lowest BCUT2D eigenvalue weighted by Gasteiger charge is -2.24. The number of ether oxygens (including phenoxy) is 2. The highest BCUT2D eigenvalue weighted by molar-refractivity contribution is 7.46. The summed E-state index contributed by atoms with van der Waals surface area (Å²) in [5.41, 5.74) is 7.89. The highest BCUT2D eigenvalue weighted by Crippen LogP contribution is 2.43. The Bertz CT molecular complexity index is 835. The number of hydrogen-bond acceptors (Lipinski definition) is 5. The number of methoxy groups -OCH3 is 1. The van der Waals surface area contributed by atoms with Gasteiger partial charge in [0.1, 0.15) is 11.5 Å². The first kappa shape index (κ1) is 21.8. The van der Waals surface area contributed by atoms with E-state index in [1.807, 2.05) is 48.5 Å². The molecule has 1 aliphatic carbocycles. The molecule has 2 aromatic carbocycles. The molecule has 4 N–H and O–H groups in total. The predicted octanol–water partition coefficient (Wildman–Crippen LogP) is 3.39. The minimum atomic E-state index is -4.50. The average Bonchev–Trinajstić information content (AvgIpc) is 3.10. The second-order valence-electron chi connectivity index (χ2n) is 7.58. The number of phosphoric acid groups is 1. The van der Waals surface area contributed by atoms with Crippen LogP contribution in [0.2, 0.25) is 0 Å². The van der Waals surface area contributed by atoms with E-state index in [-0.39, 0.29) is 12.5 Å². The first-order valence-electron chi connectivity index (χ1n) is 9.61. The van der Waals surface area contributed by atoms with E-state index < -0.39 is 13.4 Å². The lowest BCUT2D eigenvalue weighted by atomic mass is 9.94. The zero-order valence-corrected chi connectivity index (χ0v) is 17.4. The van der Waals surface area contributed by atoms with Crippen molar-refractivity contribution in [3.05, 3.63) is 59.7 Å². The minimum absolute atomic E-state index is 0.139. The van der Waals surface area contributed by atoms with E-state index in [1.54, 1.807) is 7.11 Å². The summed E-state index contributed by atoms with van der Waals surface area (Å²) in [6, 6.07) is 15.9. The highest BCUT2D eigenvalue weighted by Gasteiger charge is 2.38. The minimum Gasteiger partial charge on any atom is -0.497 e. The van der Waals surface area contributed by atoms with Gasteiger partial charge in [0.15, 0.2) is 0 Å². The fourth-order valence-electron chi connectivity index (χ4n) is 3.70. The smallest absolute Gasteiger partial charge is 0.469 e. The maximum Gasteiger partial charge on any atom is 0.469 e. The Morgan fingerprint density at radius 3 is 2.38 bits per heavy atom. The van der Waals surface area contributed by atoms with Crippen LogP contribution >= 0.6 is 7.82 Å². The van der Waals surface area contributed by atoms with E-state index in [1.165, 1.54) is 5.56 Å². The molecule has 0 heterocycles. The van der Waals surface area contributed by atoms with Crippen LogP contribution in [0.4, 0.5) is 0 Å². The van der Waals surface area contributed by atoms with Gasteiger partial charge in [0.2, 0.25) is 0 Å². The molecule has 1 fully saturated rings. The molecule has 0 spiro atoms. The van der Waals surface area contributed by atoms with Gasteiger partial charge in [0, 0.05) is 12.0 Å². The first-order valence-corrected chi connectivity index (χ1v) is 11.1. The quantitative estimate of drug-likeness (QED) is 0.532. The van der Waals surface area contributed by atoms with E-state index in [2.05, 4.69) is 4.52 Å². The number of rotatable bonds is 9. The monoisotopic (exact) mass is 421 g/mol. The van der Waals surface area contributed by atoms with Gasteiger partial charge in [-0.2, -0.15) is 0 Å². The van der Waals surface area contributed by atoms with Crippen molar-refractivity contribution in [1.82, 2.24) is 0 Å². The lowest BCUT2D eigenvalue weighted by molar-refractivity contribution is 0.153. The van der Waals surface area contributed by atoms with Crippen LogP contribution in [-0.4, -0.2) is 35.6 Å². The van der Waals surface area contributed by atoms with Crippen molar-refractivity contribution < 1.29 is 28.3 Å². The summed E-state index contributed by atoms with van der Waals surface area (Å²) in [6.07, 6.45) is 2.96. The molecule has 2 atom stereocenters. The van der Waals surface area contributed by atoms with Crippen molar-refractivity contribution in [2.75, 3.05) is 20.3 Å². The SMILES string of the molecule is COc1ccc(CCOc2ccc([C@@H]3CC[C@@](N)(COP(=O)(O)O)C3)cc2)cc1. The Morgan fingerprint density at radius 2 is 1.76 bits per heavy atom. The fraction of sp³-hybridized carbons (Fsp3) is 0.429. The molecule has 0 saturated heterocycles. The molecule has 0 bridgehead atoms. The van der Waals surface area contributed by atoms with E-state index in [0.717, 1.165) is 29.9 Å². The van der Waals surface area contributed by atoms with Gasteiger partial charge < -0.3 is 25.0 Å². The highest BCUT2D eigenvalue weighted by atomic mass is 31.2. The van der Waals surface area contributed by atoms with E-state index in [4.69, 9.17) is 25.0 Å². The van der Waals surface area contributed by atoms with Gasteiger partial charge in [-0.1, -0.05) is 24.3 Å². The lowest BCUT2D eigenvalue weighted by Crippen LogP contribution is -2.41. The Hall–Kier alpha value is -1.89.